The molecular weight excluding hydrogens is 204 g/mol. The highest BCUT2D eigenvalue weighted by atomic mass is 16.5. The molecular formula is C12H18N2O2. The summed E-state index contributed by atoms with van der Waals surface area (Å²) in [5.41, 5.74) is 1.89. The molecule has 0 saturated heterocycles. The second-order valence-corrected chi connectivity index (χ2v) is 3.47. The zero-order valence-corrected chi connectivity index (χ0v) is 10.2. The van der Waals surface area contributed by atoms with Crippen LogP contribution in [-0.2, 0) is 0 Å². The fourth-order valence-corrected chi connectivity index (χ4v) is 1.57. The van der Waals surface area contributed by atoms with E-state index in [0.29, 0.717) is 12.3 Å². The first kappa shape index (κ1) is 12.4. The zero-order valence-electron chi connectivity index (χ0n) is 10.2. The molecule has 0 aliphatic carbocycles. The number of ether oxygens (including phenoxy) is 1. The van der Waals surface area contributed by atoms with Crippen LogP contribution in [0.3, 0.4) is 0 Å². The maximum atomic E-state index is 11.7. The maximum Gasteiger partial charge on any atom is 0.321 e. The summed E-state index contributed by atoms with van der Waals surface area (Å²) in [6.45, 7) is 4.51. The first-order valence-electron chi connectivity index (χ1n) is 5.28. The predicted octanol–water partition coefficient (Wildman–Crippen LogP) is 2.17. The summed E-state index contributed by atoms with van der Waals surface area (Å²) in [5, 5.41) is 2.62. The number of methoxy groups -OCH3 is 1. The molecule has 0 aliphatic heterocycles. The van der Waals surface area contributed by atoms with Crippen molar-refractivity contribution in [3.8, 4) is 5.75 Å². The number of hydrogen-bond acceptors (Lipinski definition) is 2. The number of hydrogen-bond donors (Lipinski definition) is 1. The van der Waals surface area contributed by atoms with Crippen molar-refractivity contribution in [3.05, 3.63) is 23.8 Å². The number of urea groups is 1. The third-order valence-corrected chi connectivity index (χ3v) is 2.40. The monoisotopic (exact) mass is 222 g/mol. The summed E-state index contributed by atoms with van der Waals surface area (Å²) in [4.78, 5) is 13.3. The minimum Gasteiger partial charge on any atom is -0.495 e. The normalized spacial score (nSPS) is 9.75. The van der Waals surface area contributed by atoms with Crippen LogP contribution in [0.4, 0.5) is 10.5 Å². The van der Waals surface area contributed by atoms with Crippen LogP contribution in [0.5, 0.6) is 5.75 Å². The van der Waals surface area contributed by atoms with Crippen LogP contribution in [-0.4, -0.2) is 26.7 Å². The highest BCUT2D eigenvalue weighted by Crippen LogP contribution is 2.29. The average molecular weight is 222 g/mol. The number of aryl methyl sites for hydroxylation is 1. The molecule has 0 bridgehead atoms. The van der Waals surface area contributed by atoms with E-state index in [1.54, 1.807) is 19.1 Å². The SMILES string of the molecule is CCN(C(=O)NC)c1cc(C)ccc1OC. The summed E-state index contributed by atoms with van der Waals surface area (Å²) in [6, 6.07) is 5.64. The predicted molar refractivity (Wildman–Crippen MR) is 65.2 cm³/mol. The smallest absolute Gasteiger partial charge is 0.321 e. The molecule has 0 atom stereocenters. The maximum absolute atomic E-state index is 11.7. The Morgan fingerprint density at radius 1 is 1.50 bits per heavy atom. The first-order chi connectivity index (χ1) is 7.63. The van der Waals surface area contributed by atoms with Gasteiger partial charge in [-0.05, 0) is 31.5 Å². The number of carbonyl (C=O) groups excluding carboxylic acids is 1. The number of nitrogens with one attached hydrogen (secondary N) is 1. The van der Waals surface area contributed by atoms with Gasteiger partial charge < -0.3 is 10.1 Å². The standard InChI is InChI=1S/C12H18N2O2/c1-5-14(12(15)13-3)10-8-9(2)6-7-11(10)16-4/h6-8H,5H2,1-4H3,(H,13,15). The minimum absolute atomic E-state index is 0.133. The summed E-state index contributed by atoms with van der Waals surface area (Å²) < 4.78 is 5.26. The molecule has 0 heterocycles. The van der Waals surface area contributed by atoms with Crippen molar-refractivity contribution in [1.29, 1.82) is 0 Å². The highest BCUT2D eigenvalue weighted by molar-refractivity contribution is 5.93. The molecule has 4 heteroatoms. The second kappa shape index (κ2) is 5.39. The van der Waals surface area contributed by atoms with Crippen LogP contribution in [0, 0.1) is 6.92 Å². The molecule has 1 aromatic rings. The lowest BCUT2D eigenvalue weighted by molar-refractivity contribution is 0.248. The van der Waals surface area contributed by atoms with Crippen molar-refractivity contribution in [2.75, 3.05) is 25.6 Å². The number of amides is 2. The van der Waals surface area contributed by atoms with Gasteiger partial charge in [-0.15, -0.1) is 0 Å². The van der Waals surface area contributed by atoms with Crippen molar-refractivity contribution in [3.63, 3.8) is 0 Å². The van der Waals surface area contributed by atoms with Crippen LogP contribution in [0.15, 0.2) is 18.2 Å². The molecule has 88 valence electrons. The first-order valence-corrected chi connectivity index (χ1v) is 5.28. The van der Waals surface area contributed by atoms with Crippen molar-refractivity contribution in [1.82, 2.24) is 5.32 Å². The van der Waals surface area contributed by atoms with Crippen LogP contribution < -0.4 is 15.0 Å². The van der Waals surface area contributed by atoms with E-state index in [0.717, 1.165) is 11.3 Å². The Kier molecular flexibility index (Phi) is 4.17. The number of carbonyl (C=O) groups is 1. The lowest BCUT2D eigenvalue weighted by Crippen LogP contribution is -2.38. The van der Waals surface area contributed by atoms with E-state index in [1.807, 2.05) is 32.0 Å². The summed E-state index contributed by atoms with van der Waals surface area (Å²) in [6.07, 6.45) is 0. The van der Waals surface area contributed by atoms with Gasteiger partial charge in [0.15, 0.2) is 0 Å². The highest BCUT2D eigenvalue weighted by Gasteiger charge is 2.16. The lowest BCUT2D eigenvalue weighted by atomic mass is 10.2. The number of anilines is 1. The van der Waals surface area contributed by atoms with E-state index in [9.17, 15) is 4.79 Å². The summed E-state index contributed by atoms with van der Waals surface area (Å²) >= 11 is 0. The molecule has 0 spiro atoms. The van der Waals surface area contributed by atoms with Crippen LogP contribution in [0.1, 0.15) is 12.5 Å². The van der Waals surface area contributed by atoms with Gasteiger partial charge in [-0.2, -0.15) is 0 Å². The molecule has 0 saturated carbocycles. The molecule has 1 aromatic carbocycles. The van der Waals surface area contributed by atoms with Gasteiger partial charge in [-0.3, -0.25) is 4.90 Å². The van der Waals surface area contributed by atoms with Gasteiger partial charge in [-0.1, -0.05) is 6.07 Å². The molecule has 16 heavy (non-hydrogen) atoms. The van der Waals surface area contributed by atoms with Crippen molar-refractivity contribution in [2.24, 2.45) is 0 Å². The number of benzene rings is 1. The third kappa shape index (κ3) is 2.45. The summed E-state index contributed by atoms with van der Waals surface area (Å²) in [5.74, 6) is 0.705. The van der Waals surface area contributed by atoms with E-state index in [-0.39, 0.29) is 6.03 Å². The molecule has 0 aromatic heterocycles. The van der Waals surface area contributed by atoms with Gasteiger partial charge >= 0.3 is 6.03 Å². The van der Waals surface area contributed by atoms with E-state index in [1.165, 1.54) is 0 Å². The van der Waals surface area contributed by atoms with Crippen molar-refractivity contribution < 1.29 is 9.53 Å². The van der Waals surface area contributed by atoms with E-state index in [2.05, 4.69) is 5.32 Å². The van der Waals surface area contributed by atoms with Crippen LogP contribution in [0.2, 0.25) is 0 Å². The van der Waals surface area contributed by atoms with Gasteiger partial charge in [0.25, 0.3) is 0 Å². The fourth-order valence-electron chi connectivity index (χ4n) is 1.57. The number of nitrogens with zero attached hydrogens (tertiary/aromatic N) is 1. The quantitative estimate of drug-likeness (QED) is 0.851. The number of rotatable bonds is 3. The van der Waals surface area contributed by atoms with Gasteiger partial charge in [-0.25, -0.2) is 4.79 Å². The van der Waals surface area contributed by atoms with Crippen molar-refractivity contribution >= 4 is 11.7 Å². The van der Waals surface area contributed by atoms with Gasteiger partial charge in [0, 0.05) is 13.6 Å². The molecule has 1 rings (SSSR count). The Labute approximate surface area is 96.2 Å². The van der Waals surface area contributed by atoms with E-state index >= 15 is 0 Å². The Hall–Kier alpha value is -1.71. The van der Waals surface area contributed by atoms with Crippen LogP contribution >= 0.6 is 0 Å². The molecule has 4 nitrogen and oxygen atoms in total. The Balaban J connectivity index is 3.17. The topological polar surface area (TPSA) is 41.6 Å². The van der Waals surface area contributed by atoms with E-state index < -0.39 is 0 Å². The second-order valence-electron chi connectivity index (χ2n) is 3.47. The zero-order chi connectivity index (χ0) is 12.1. The molecule has 0 radical (unpaired) electrons. The van der Waals surface area contributed by atoms with Gasteiger partial charge in [0.05, 0.1) is 12.8 Å². The lowest BCUT2D eigenvalue weighted by Gasteiger charge is -2.22. The molecule has 0 fully saturated rings. The molecule has 2 amide bonds. The fraction of sp³-hybridized carbons (Fsp3) is 0.417. The van der Waals surface area contributed by atoms with E-state index in [4.69, 9.17) is 4.74 Å². The Bertz CT molecular complexity index is 377. The van der Waals surface area contributed by atoms with Gasteiger partial charge in [0.2, 0.25) is 0 Å². The molecule has 1 N–H and O–H groups in total. The molecule has 0 unspecified atom stereocenters. The van der Waals surface area contributed by atoms with Gasteiger partial charge in [0.1, 0.15) is 5.75 Å². The Morgan fingerprint density at radius 2 is 2.19 bits per heavy atom. The Morgan fingerprint density at radius 3 is 2.69 bits per heavy atom. The summed E-state index contributed by atoms with van der Waals surface area (Å²) in [7, 11) is 3.22. The average Bonchev–Trinajstić information content (AvgIpc) is 2.30. The van der Waals surface area contributed by atoms with Crippen molar-refractivity contribution in [2.45, 2.75) is 13.8 Å². The largest absolute Gasteiger partial charge is 0.495 e. The third-order valence-electron chi connectivity index (χ3n) is 2.40. The molecule has 0 aliphatic rings. The van der Waals surface area contributed by atoms with Crippen LogP contribution in [0.25, 0.3) is 0 Å². The minimum atomic E-state index is -0.133.